The van der Waals surface area contributed by atoms with Gasteiger partial charge in [0, 0.05) is 61.4 Å². The number of hydrogen-bond donors (Lipinski definition) is 0. The Hall–Kier alpha value is -4.88. The van der Waals surface area contributed by atoms with E-state index in [9.17, 15) is 31.1 Å². The van der Waals surface area contributed by atoms with Crippen LogP contribution in [0.2, 0.25) is 0 Å². The van der Waals surface area contributed by atoms with Crippen LogP contribution in [0.1, 0.15) is 39.7 Å². The molecule has 0 spiro atoms. The molecule has 14 heteroatoms. The van der Waals surface area contributed by atoms with Crippen molar-refractivity contribution in [1.29, 1.82) is 0 Å². The molecule has 3 aromatic heterocycles. The molecule has 1 amide bonds. The summed E-state index contributed by atoms with van der Waals surface area (Å²) in [4.78, 5) is 23.7. The minimum atomic E-state index is -4.96. The summed E-state index contributed by atoms with van der Waals surface area (Å²) >= 11 is 0. The van der Waals surface area contributed by atoms with Crippen molar-refractivity contribution in [2.24, 2.45) is 7.05 Å². The van der Waals surface area contributed by atoms with Gasteiger partial charge in [0.1, 0.15) is 5.52 Å². The average molecular weight is 615 g/mol. The molecule has 44 heavy (non-hydrogen) atoms. The van der Waals surface area contributed by atoms with Gasteiger partial charge in [0.2, 0.25) is 0 Å². The number of carbonyl (C=O) groups is 1. The molecule has 2 aromatic carbocycles. The van der Waals surface area contributed by atoms with Crippen LogP contribution in [0.3, 0.4) is 0 Å². The van der Waals surface area contributed by atoms with Crippen LogP contribution in [0, 0.1) is 0 Å². The number of anilines is 1. The molecule has 0 bridgehead atoms. The standard InChI is InChI=1S/C30H24F6N6O2/c1-3-17-10-22-24(4-6-38-26(22)25(13-17)44-30(34,35)36)42-8-5-19-20(23-15-40(2)39-27(23)29(31,32)33)11-18(12-21(19)28(42)43)14-41-9-7-37-16-41/h4,6-7,9-13,15-16H,3,5,8,14H2,1-2H3. The van der Waals surface area contributed by atoms with Crippen molar-refractivity contribution < 1.29 is 35.9 Å². The zero-order chi connectivity index (χ0) is 31.4. The summed E-state index contributed by atoms with van der Waals surface area (Å²) in [6.07, 6.45) is -1.76. The molecule has 4 heterocycles. The fourth-order valence-corrected chi connectivity index (χ4v) is 5.62. The van der Waals surface area contributed by atoms with Crippen LogP contribution in [0.5, 0.6) is 5.75 Å². The number of carbonyl (C=O) groups excluding carboxylic acids is 1. The van der Waals surface area contributed by atoms with Crippen LogP contribution >= 0.6 is 0 Å². The summed E-state index contributed by atoms with van der Waals surface area (Å²) in [5, 5.41) is 3.94. The fourth-order valence-electron chi connectivity index (χ4n) is 5.62. The number of alkyl halides is 6. The molecule has 1 aliphatic rings. The van der Waals surface area contributed by atoms with Gasteiger partial charge < -0.3 is 14.2 Å². The van der Waals surface area contributed by atoms with Crippen molar-refractivity contribution >= 4 is 22.5 Å². The van der Waals surface area contributed by atoms with Crippen molar-refractivity contribution in [1.82, 2.24) is 24.3 Å². The van der Waals surface area contributed by atoms with Gasteiger partial charge in [-0.05, 0) is 65.4 Å². The van der Waals surface area contributed by atoms with Gasteiger partial charge in [-0.3, -0.25) is 14.5 Å². The molecule has 0 aliphatic carbocycles. The first-order chi connectivity index (χ1) is 20.8. The number of fused-ring (bicyclic) bond motifs is 2. The van der Waals surface area contributed by atoms with Gasteiger partial charge in [-0.1, -0.05) is 6.92 Å². The molecule has 6 rings (SSSR count). The van der Waals surface area contributed by atoms with E-state index in [0.29, 0.717) is 28.8 Å². The molecule has 0 unspecified atom stereocenters. The Morgan fingerprint density at radius 3 is 2.43 bits per heavy atom. The van der Waals surface area contributed by atoms with Crippen LogP contribution < -0.4 is 9.64 Å². The zero-order valence-electron chi connectivity index (χ0n) is 23.4. The van der Waals surface area contributed by atoms with E-state index in [1.165, 1.54) is 36.5 Å². The van der Waals surface area contributed by atoms with E-state index in [1.54, 1.807) is 48.4 Å². The van der Waals surface area contributed by atoms with E-state index < -0.39 is 29.9 Å². The minimum absolute atomic E-state index is 0.0617. The van der Waals surface area contributed by atoms with Crippen LogP contribution in [-0.2, 0) is 32.6 Å². The molecule has 0 fully saturated rings. The Labute approximate surface area is 246 Å². The SMILES string of the molecule is CCc1cc(OC(F)(F)F)c2nccc(N3CCc4c(cc(Cn5ccnc5)cc4-c4cn(C)nc4C(F)(F)F)C3=O)c2c1. The van der Waals surface area contributed by atoms with Crippen LogP contribution in [0.25, 0.3) is 22.0 Å². The molecular weight excluding hydrogens is 590 g/mol. The number of aromatic nitrogens is 5. The Morgan fingerprint density at radius 2 is 1.75 bits per heavy atom. The number of rotatable bonds is 6. The third-order valence-corrected chi connectivity index (χ3v) is 7.45. The van der Waals surface area contributed by atoms with Gasteiger partial charge in [0.05, 0.1) is 12.0 Å². The highest BCUT2D eigenvalue weighted by Crippen LogP contribution is 2.42. The highest BCUT2D eigenvalue weighted by Gasteiger charge is 2.39. The van der Waals surface area contributed by atoms with E-state index in [-0.39, 0.29) is 47.1 Å². The summed E-state index contributed by atoms with van der Waals surface area (Å²) in [6.45, 7) is 2.06. The van der Waals surface area contributed by atoms with Crippen LogP contribution in [0.4, 0.5) is 32.0 Å². The lowest BCUT2D eigenvalue weighted by Gasteiger charge is -2.31. The maximum Gasteiger partial charge on any atom is 0.573 e. The van der Waals surface area contributed by atoms with Crippen molar-refractivity contribution in [3.05, 3.63) is 89.4 Å². The number of ether oxygens (including phenoxy) is 1. The molecule has 0 saturated heterocycles. The van der Waals surface area contributed by atoms with Gasteiger partial charge in [-0.2, -0.15) is 18.3 Å². The number of nitrogens with zero attached hydrogens (tertiary/aromatic N) is 6. The number of imidazole rings is 1. The summed E-state index contributed by atoms with van der Waals surface area (Å²) in [6, 6.07) is 7.72. The predicted molar refractivity (Wildman–Crippen MR) is 148 cm³/mol. The quantitative estimate of drug-likeness (QED) is 0.203. The zero-order valence-corrected chi connectivity index (χ0v) is 23.4. The monoisotopic (exact) mass is 614 g/mol. The van der Waals surface area contributed by atoms with E-state index in [1.807, 2.05) is 0 Å². The van der Waals surface area contributed by atoms with Crippen LogP contribution in [-0.4, -0.2) is 43.1 Å². The lowest BCUT2D eigenvalue weighted by molar-refractivity contribution is -0.274. The second kappa shape index (κ2) is 10.7. The lowest BCUT2D eigenvalue weighted by Crippen LogP contribution is -2.38. The number of amides is 1. The summed E-state index contributed by atoms with van der Waals surface area (Å²) in [5.74, 6) is -0.996. The Bertz CT molecular complexity index is 1880. The third kappa shape index (κ3) is 5.47. The number of hydrogen-bond acceptors (Lipinski definition) is 5. The van der Waals surface area contributed by atoms with Crippen molar-refractivity contribution in [2.45, 2.75) is 38.8 Å². The molecule has 1 aliphatic heterocycles. The fraction of sp³-hybridized carbons (Fsp3) is 0.267. The molecule has 0 N–H and O–H groups in total. The molecule has 0 radical (unpaired) electrons. The van der Waals surface area contributed by atoms with E-state index in [2.05, 4.69) is 19.8 Å². The summed E-state index contributed by atoms with van der Waals surface area (Å²) in [5.41, 5.74) is 0.955. The Balaban J connectivity index is 1.51. The predicted octanol–water partition coefficient (Wildman–Crippen LogP) is 6.56. The molecule has 0 atom stereocenters. The summed E-state index contributed by atoms with van der Waals surface area (Å²) in [7, 11) is 1.39. The number of aryl methyl sites for hydroxylation is 2. The molecule has 8 nitrogen and oxygen atoms in total. The largest absolute Gasteiger partial charge is 0.573 e. The summed E-state index contributed by atoms with van der Waals surface area (Å²) < 4.78 is 88.9. The molecule has 5 aromatic rings. The van der Waals surface area contributed by atoms with Crippen LogP contribution in [0.15, 0.2) is 61.4 Å². The highest BCUT2D eigenvalue weighted by molar-refractivity contribution is 6.13. The smallest absolute Gasteiger partial charge is 0.403 e. The van der Waals surface area contributed by atoms with Crippen molar-refractivity contribution in [2.75, 3.05) is 11.4 Å². The minimum Gasteiger partial charge on any atom is -0.403 e. The maximum atomic E-state index is 14.2. The maximum absolute atomic E-state index is 14.2. The lowest BCUT2D eigenvalue weighted by atomic mass is 9.87. The van der Waals surface area contributed by atoms with E-state index in [0.717, 1.165) is 4.68 Å². The second-order valence-electron chi connectivity index (χ2n) is 10.4. The molecule has 228 valence electrons. The average Bonchev–Trinajstić information content (AvgIpc) is 3.61. The highest BCUT2D eigenvalue weighted by atomic mass is 19.4. The first-order valence-electron chi connectivity index (χ1n) is 13.5. The van der Waals surface area contributed by atoms with Gasteiger partial charge in [-0.25, -0.2) is 4.98 Å². The normalized spacial score (nSPS) is 13.9. The first-order valence-corrected chi connectivity index (χ1v) is 13.5. The molecule has 0 saturated carbocycles. The van der Waals surface area contributed by atoms with Gasteiger partial charge >= 0.3 is 12.5 Å². The van der Waals surface area contributed by atoms with E-state index >= 15 is 0 Å². The third-order valence-electron chi connectivity index (χ3n) is 7.45. The Morgan fingerprint density at radius 1 is 0.977 bits per heavy atom. The number of pyridine rings is 1. The van der Waals surface area contributed by atoms with Crippen molar-refractivity contribution in [3.8, 4) is 16.9 Å². The molecular formula is C30H24F6N6O2. The Kier molecular flexibility index (Phi) is 7.09. The van der Waals surface area contributed by atoms with Crippen molar-refractivity contribution in [3.63, 3.8) is 0 Å². The van der Waals surface area contributed by atoms with Gasteiger partial charge in [0.25, 0.3) is 5.91 Å². The van der Waals surface area contributed by atoms with E-state index in [4.69, 9.17) is 0 Å². The second-order valence-corrected chi connectivity index (χ2v) is 10.4. The topological polar surface area (TPSA) is 78.1 Å². The first kappa shape index (κ1) is 29.2. The number of benzene rings is 2. The van der Waals surface area contributed by atoms with Gasteiger partial charge in [-0.15, -0.1) is 13.2 Å². The number of halogens is 6. The van der Waals surface area contributed by atoms with Gasteiger partial charge in [0.15, 0.2) is 11.4 Å².